The fourth-order valence-electron chi connectivity index (χ4n) is 1.93. The number of nitrogen functional groups attached to an aromatic ring is 1. The van der Waals surface area contributed by atoms with Gasteiger partial charge in [0.2, 0.25) is 5.89 Å². The molecule has 0 spiro atoms. The van der Waals surface area contributed by atoms with Gasteiger partial charge >= 0.3 is 0 Å². The number of benzene rings is 2. The van der Waals surface area contributed by atoms with Crippen molar-refractivity contribution in [1.82, 2.24) is 4.98 Å². The number of nitrogens with zero attached hydrogens (tertiary/aromatic N) is 1. The van der Waals surface area contributed by atoms with Crippen LogP contribution in [0.1, 0.15) is 0 Å². The molecule has 0 amide bonds. The van der Waals surface area contributed by atoms with Crippen molar-refractivity contribution in [3.05, 3.63) is 42.2 Å². The molecule has 96 valence electrons. The molecular formula is C14H11FN2O2. The standard InChI is InChI=1S/C14H11FN2O2/c1-18-11-4-2-3-9(15)13(11)14-17-10-6-5-8(16)7-12(10)19-14/h2-7H,16H2,1H3. The lowest BCUT2D eigenvalue weighted by molar-refractivity contribution is 0.411. The third kappa shape index (κ3) is 1.89. The number of halogens is 1. The molecule has 2 aromatic carbocycles. The molecule has 4 nitrogen and oxygen atoms in total. The Bertz CT molecular complexity index is 752. The molecule has 0 saturated carbocycles. The van der Waals surface area contributed by atoms with E-state index in [-0.39, 0.29) is 11.5 Å². The van der Waals surface area contributed by atoms with Crippen LogP contribution >= 0.6 is 0 Å². The van der Waals surface area contributed by atoms with Gasteiger partial charge in [-0.1, -0.05) is 6.07 Å². The summed E-state index contributed by atoms with van der Waals surface area (Å²) in [6.07, 6.45) is 0. The van der Waals surface area contributed by atoms with Gasteiger partial charge in [0, 0.05) is 11.8 Å². The number of ether oxygens (including phenoxy) is 1. The molecule has 0 saturated heterocycles. The van der Waals surface area contributed by atoms with Crippen LogP contribution < -0.4 is 10.5 Å². The Kier molecular flexibility index (Phi) is 2.59. The lowest BCUT2D eigenvalue weighted by atomic mass is 10.2. The molecule has 1 aromatic heterocycles. The summed E-state index contributed by atoms with van der Waals surface area (Å²) in [5.74, 6) is 0.106. The third-order valence-electron chi connectivity index (χ3n) is 2.82. The van der Waals surface area contributed by atoms with Crippen molar-refractivity contribution in [2.45, 2.75) is 0 Å². The van der Waals surface area contributed by atoms with Gasteiger partial charge in [0.15, 0.2) is 5.58 Å². The van der Waals surface area contributed by atoms with Crippen molar-refractivity contribution in [3.8, 4) is 17.2 Å². The highest BCUT2D eigenvalue weighted by atomic mass is 19.1. The van der Waals surface area contributed by atoms with Crippen LogP contribution in [0.4, 0.5) is 10.1 Å². The molecule has 3 rings (SSSR count). The number of oxazole rings is 1. The monoisotopic (exact) mass is 258 g/mol. The van der Waals surface area contributed by atoms with Gasteiger partial charge in [0.25, 0.3) is 0 Å². The van der Waals surface area contributed by atoms with E-state index in [1.807, 2.05) is 0 Å². The van der Waals surface area contributed by atoms with E-state index in [1.54, 1.807) is 30.3 Å². The fourth-order valence-corrected chi connectivity index (χ4v) is 1.93. The maximum atomic E-state index is 13.9. The van der Waals surface area contributed by atoms with Crippen LogP contribution in [0.3, 0.4) is 0 Å². The van der Waals surface area contributed by atoms with Gasteiger partial charge in [0.1, 0.15) is 22.6 Å². The summed E-state index contributed by atoms with van der Waals surface area (Å²) in [5.41, 5.74) is 7.58. The smallest absolute Gasteiger partial charge is 0.234 e. The molecule has 0 unspecified atom stereocenters. The number of aromatic nitrogens is 1. The maximum absolute atomic E-state index is 13.9. The van der Waals surface area contributed by atoms with E-state index in [0.29, 0.717) is 22.5 Å². The highest BCUT2D eigenvalue weighted by molar-refractivity contribution is 5.80. The Morgan fingerprint density at radius 2 is 2.11 bits per heavy atom. The Balaban J connectivity index is 2.24. The van der Waals surface area contributed by atoms with Crippen LogP contribution in [-0.2, 0) is 0 Å². The summed E-state index contributed by atoms with van der Waals surface area (Å²) in [7, 11) is 1.47. The summed E-state index contributed by atoms with van der Waals surface area (Å²) in [4.78, 5) is 4.25. The Morgan fingerprint density at radius 1 is 1.26 bits per heavy atom. The minimum atomic E-state index is -0.445. The molecule has 0 bridgehead atoms. The molecule has 0 aliphatic heterocycles. The van der Waals surface area contributed by atoms with Gasteiger partial charge < -0.3 is 14.9 Å². The highest BCUT2D eigenvalue weighted by Gasteiger charge is 2.17. The fraction of sp³-hybridized carbons (Fsp3) is 0.0714. The van der Waals surface area contributed by atoms with Crippen LogP contribution in [0.25, 0.3) is 22.6 Å². The topological polar surface area (TPSA) is 61.3 Å². The number of anilines is 1. The first-order valence-electron chi connectivity index (χ1n) is 5.68. The van der Waals surface area contributed by atoms with Gasteiger partial charge in [-0.05, 0) is 24.3 Å². The molecule has 0 fully saturated rings. The van der Waals surface area contributed by atoms with E-state index >= 15 is 0 Å². The van der Waals surface area contributed by atoms with Crippen molar-refractivity contribution in [1.29, 1.82) is 0 Å². The van der Waals surface area contributed by atoms with Gasteiger partial charge in [-0.25, -0.2) is 9.37 Å². The first kappa shape index (κ1) is 11.5. The predicted molar refractivity (Wildman–Crippen MR) is 70.4 cm³/mol. The second-order valence-electron chi connectivity index (χ2n) is 4.06. The Hall–Kier alpha value is -2.56. The van der Waals surface area contributed by atoms with Crippen LogP contribution in [-0.4, -0.2) is 12.1 Å². The predicted octanol–water partition coefficient (Wildman–Crippen LogP) is 3.22. The quantitative estimate of drug-likeness (QED) is 0.717. The molecule has 0 aliphatic rings. The van der Waals surface area contributed by atoms with Crippen molar-refractivity contribution in [2.24, 2.45) is 0 Å². The highest BCUT2D eigenvalue weighted by Crippen LogP contribution is 2.34. The second-order valence-corrected chi connectivity index (χ2v) is 4.06. The minimum absolute atomic E-state index is 0.176. The minimum Gasteiger partial charge on any atom is -0.496 e. The summed E-state index contributed by atoms with van der Waals surface area (Å²) in [6.45, 7) is 0. The average Bonchev–Trinajstić information content (AvgIpc) is 2.80. The molecule has 5 heteroatoms. The molecule has 3 aromatic rings. The zero-order valence-electron chi connectivity index (χ0n) is 10.2. The van der Waals surface area contributed by atoms with Crippen LogP contribution in [0.5, 0.6) is 5.75 Å². The third-order valence-corrected chi connectivity index (χ3v) is 2.82. The van der Waals surface area contributed by atoms with E-state index in [4.69, 9.17) is 14.9 Å². The SMILES string of the molecule is COc1cccc(F)c1-c1nc2ccc(N)cc2o1. The zero-order valence-corrected chi connectivity index (χ0v) is 10.2. The van der Waals surface area contributed by atoms with Crippen molar-refractivity contribution < 1.29 is 13.5 Å². The van der Waals surface area contributed by atoms with Gasteiger partial charge in [-0.3, -0.25) is 0 Å². The van der Waals surface area contributed by atoms with E-state index in [0.717, 1.165) is 0 Å². The first-order valence-corrected chi connectivity index (χ1v) is 5.68. The van der Waals surface area contributed by atoms with Crippen molar-refractivity contribution in [3.63, 3.8) is 0 Å². The van der Waals surface area contributed by atoms with Gasteiger partial charge in [-0.2, -0.15) is 0 Å². The molecule has 19 heavy (non-hydrogen) atoms. The second kappa shape index (κ2) is 4.28. The largest absolute Gasteiger partial charge is 0.496 e. The maximum Gasteiger partial charge on any atom is 0.234 e. The van der Waals surface area contributed by atoms with Gasteiger partial charge in [-0.15, -0.1) is 0 Å². The van der Waals surface area contributed by atoms with Crippen LogP contribution in [0.2, 0.25) is 0 Å². The zero-order chi connectivity index (χ0) is 13.4. The number of hydrogen-bond donors (Lipinski definition) is 1. The van der Waals surface area contributed by atoms with E-state index in [1.165, 1.54) is 13.2 Å². The molecular weight excluding hydrogens is 247 g/mol. The summed E-state index contributed by atoms with van der Waals surface area (Å²) >= 11 is 0. The summed E-state index contributed by atoms with van der Waals surface area (Å²) in [6, 6.07) is 9.65. The lowest BCUT2D eigenvalue weighted by Crippen LogP contribution is -1.91. The van der Waals surface area contributed by atoms with E-state index in [9.17, 15) is 4.39 Å². The normalized spacial score (nSPS) is 10.8. The molecule has 2 N–H and O–H groups in total. The molecule has 1 heterocycles. The lowest BCUT2D eigenvalue weighted by Gasteiger charge is -2.05. The number of methoxy groups -OCH3 is 1. The Morgan fingerprint density at radius 3 is 2.89 bits per heavy atom. The van der Waals surface area contributed by atoms with Crippen molar-refractivity contribution in [2.75, 3.05) is 12.8 Å². The number of hydrogen-bond acceptors (Lipinski definition) is 4. The average molecular weight is 258 g/mol. The van der Waals surface area contributed by atoms with E-state index < -0.39 is 5.82 Å². The first-order chi connectivity index (χ1) is 9.19. The van der Waals surface area contributed by atoms with Gasteiger partial charge in [0.05, 0.1) is 7.11 Å². The number of rotatable bonds is 2. The summed E-state index contributed by atoms with van der Waals surface area (Å²) < 4.78 is 24.6. The molecule has 0 aliphatic carbocycles. The van der Waals surface area contributed by atoms with Crippen molar-refractivity contribution >= 4 is 16.8 Å². The van der Waals surface area contributed by atoms with Crippen LogP contribution in [0, 0.1) is 5.82 Å². The van der Waals surface area contributed by atoms with E-state index in [2.05, 4.69) is 4.98 Å². The number of nitrogens with two attached hydrogens (primary N) is 1. The summed E-state index contributed by atoms with van der Waals surface area (Å²) in [5, 5.41) is 0. The number of fused-ring (bicyclic) bond motifs is 1. The Labute approximate surface area is 108 Å². The van der Waals surface area contributed by atoms with Crippen LogP contribution in [0.15, 0.2) is 40.8 Å². The molecule has 0 radical (unpaired) electrons. The molecule has 0 atom stereocenters.